The molecule has 0 aliphatic heterocycles. The predicted molar refractivity (Wildman–Crippen MR) is 125 cm³/mol. The van der Waals surface area contributed by atoms with Crippen molar-refractivity contribution < 1.29 is 17.9 Å². The summed E-state index contributed by atoms with van der Waals surface area (Å²) >= 11 is 6.15. The zero-order valence-electron chi connectivity index (χ0n) is 17.9. The number of amides is 1. The van der Waals surface area contributed by atoms with E-state index in [1.54, 1.807) is 30.3 Å². The molecule has 168 valence electrons. The first kappa shape index (κ1) is 23.8. The molecule has 3 aromatic carbocycles. The van der Waals surface area contributed by atoms with Gasteiger partial charge < -0.3 is 10.1 Å². The molecule has 0 aromatic heterocycles. The van der Waals surface area contributed by atoms with E-state index in [0.29, 0.717) is 22.8 Å². The summed E-state index contributed by atoms with van der Waals surface area (Å²) in [5.41, 5.74) is 2.48. The van der Waals surface area contributed by atoms with Crippen LogP contribution in [0.3, 0.4) is 0 Å². The van der Waals surface area contributed by atoms with E-state index in [9.17, 15) is 13.2 Å². The van der Waals surface area contributed by atoms with Gasteiger partial charge in [0.1, 0.15) is 5.75 Å². The van der Waals surface area contributed by atoms with E-state index in [2.05, 4.69) is 5.32 Å². The lowest BCUT2D eigenvalue weighted by Gasteiger charge is -2.16. The molecule has 6 nitrogen and oxygen atoms in total. The van der Waals surface area contributed by atoms with Crippen LogP contribution in [0.4, 0.5) is 0 Å². The fourth-order valence-corrected chi connectivity index (χ4v) is 4.44. The number of hydrogen-bond acceptors (Lipinski definition) is 4. The largest absolute Gasteiger partial charge is 0.483 e. The summed E-state index contributed by atoms with van der Waals surface area (Å²) in [5, 5.41) is 3.32. The average molecular weight is 473 g/mol. The highest BCUT2D eigenvalue weighted by Crippen LogP contribution is 2.25. The Hall–Kier alpha value is -2.87. The number of nitrogens with one attached hydrogen (secondary N) is 1. The van der Waals surface area contributed by atoms with Crippen molar-refractivity contribution in [3.8, 4) is 5.75 Å². The van der Waals surface area contributed by atoms with Crippen LogP contribution in [-0.2, 0) is 27.8 Å². The van der Waals surface area contributed by atoms with Crippen molar-refractivity contribution in [3.63, 3.8) is 0 Å². The van der Waals surface area contributed by atoms with Gasteiger partial charge in [-0.1, -0.05) is 60.1 Å². The summed E-state index contributed by atoms with van der Waals surface area (Å²) in [6.07, 6.45) is 0.619. The average Bonchev–Trinajstić information content (AvgIpc) is 2.78. The fraction of sp³-hybridized carbons (Fsp3) is 0.208. The molecule has 8 heteroatoms. The van der Waals surface area contributed by atoms with Crippen molar-refractivity contribution in [1.82, 2.24) is 9.62 Å². The van der Waals surface area contributed by atoms with E-state index in [1.807, 2.05) is 36.4 Å². The molecule has 3 aromatic rings. The van der Waals surface area contributed by atoms with Gasteiger partial charge in [-0.05, 0) is 41.0 Å². The van der Waals surface area contributed by atoms with Gasteiger partial charge in [-0.25, -0.2) is 12.7 Å². The van der Waals surface area contributed by atoms with Crippen molar-refractivity contribution >= 4 is 27.5 Å². The molecule has 0 fully saturated rings. The van der Waals surface area contributed by atoms with E-state index < -0.39 is 10.0 Å². The third kappa shape index (κ3) is 6.09. The monoisotopic (exact) mass is 472 g/mol. The minimum absolute atomic E-state index is 0.0723. The highest BCUT2D eigenvalue weighted by atomic mass is 35.5. The van der Waals surface area contributed by atoms with Gasteiger partial charge in [-0.3, -0.25) is 4.79 Å². The lowest BCUT2D eigenvalue weighted by molar-refractivity contribution is -0.123. The zero-order valence-corrected chi connectivity index (χ0v) is 19.5. The van der Waals surface area contributed by atoms with Gasteiger partial charge in [-0.15, -0.1) is 0 Å². The molecule has 32 heavy (non-hydrogen) atoms. The van der Waals surface area contributed by atoms with Gasteiger partial charge in [0.15, 0.2) is 6.61 Å². The topological polar surface area (TPSA) is 75.7 Å². The molecule has 0 aliphatic rings. The molecule has 0 spiro atoms. The van der Waals surface area contributed by atoms with E-state index in [-0.39, 0.29) is 24.0 Å². The quantitative estimate of drug-likeness (QED) is 0.513. The fourth-order valence-electron chi connectivity index (χ4n) is 3.13. The number of hydrogen-bond donors (Lipinski definition) is 1. The number of carbonyl (C=O) groups is 1. The molecule has 0 radical (unpaired) electrons. The summed E-state index contributed by atoms with van der Waals surface area (Å²) in [4.78, 5) is 12.6. The summed E-state index contributed by atoms with van der Waals surface area (Å²) in [7, 11) is -0.672. The molecule has 0 heterocycles. The number of carbonyl (C=O) groups excluding carboxylic acids is 1. The van der Waals surface area contributed by atoms with Crippen LogP contribution in [-0.4, -0.2) is 39.3 Å². The maximum Gasteiger partial charge on any atom is 0.258 e. The molecule has 0 atom stereocenters. The second-order valence-corrected chi connectivity index (χ2v) is 9.93. The highest BCUT2D eigenvalue weighted by molar-refractivity contribution is 7.89. The van der Waals surface area contributed by atoms with Gasteiger partial charge in [0, 0.05) is 32.1 Å². The summed E-state index contributed by atoms with van der Waals surface area (Å²) in [6, 6.07) is 21.8. The minimum Gasteiger partial charge on any atom is -0.483 e. The molecule has 1 N–H and O–H groups in total. The molecular weight excluding hydrogens is 448 g/mol. The van der Waals surface area contributed by atoms with Crippen molar-refractivity contribution in [3.05, 3.63) is 94.5 Å². The number of nitrogens with zero attached hydrogens (tertiary/aromatic N) is 1. The normalized spacial score (nSPS) is 11.4. The first-order valence-electron chi connectivity index (χ1n) is 9.99. The Labute approximate surface area is 193 Å². The molecular formula is C24H25ClN2O4S. The summed E-state index contributed by atoms with van der Waals surface area (Å²) in [5.74, 6) is 0.214. The maximum atomic E-state index is 12.5. The van der Waals surface area contributed by atoms with Crippen LogP contribution in [0.5, 0.6) is 5.75 Å². The standard InChI is InChI=1S/C24H25ClN2O4S/c1-27(2)32(29,30)23-11-7-6-10-19(23)16-26-24(28)17-31-22-13-12-21(25)15-20(22)14-18-8-4-3-5-9-18/h3-13,15H,14,16-17H2,1-2H3,(H,26,28). The van der Waals surface area contributed by atoms with Crippen molar-refractivity contribution in [2.75, 3.05) is 20.7 Å². The second kappa shape index (κ2) is 10.6. The minimum atomic E-state index is -3.61. The third-order valence-electron chi connectivity index (χ3n) is 4.83. The molecule has 0 bridgehead atoms. The van der Waals surface area contributed by atoms with E-state index >= 15 is 0 Å². The number of halogens is 1. The van der Waals surface area contributed by atoms with E-state index in [4.69, 9.17) is 16.3 Å². The lowest BCUT2D eigenvalue weighted by Crippen LogP contribution is -2.30. The predicted octanol–water partition coefficient (Wildman–Crippen LogP) is 3.88. The van der Waals surface area contributed by atoms with E-state index in [0.717, 1.165) is 15.4 Å². The Balaban J connectivity index is 1.65. The molecule has 0 saturated heterocycles. The Bertz CT molecular complexity index is 1180. The number of rotatable bonds is 9. The van der Waals surface area contributed by atoms with Gasteiger partial charge >= 0.3 is 0 Å². The molecule has 0 aliphatic carbocycles. The number of benzene rings is 3. The first-order valence-corrected chi connectivity index (χ1v) is 11.8. The van der Waals surface area contributed by atoms with Crippen LogP contribution in [0.1, 0.15) is 16.7 Å². The highest BCUT2D eigenvalue weighted by Gasteiger charge is 2.20. The molecule has 0 unspecified atom stereocenters. The summed E-state index contributed by atoms with van der Waals surface area (Å²) in [6.45, 7) is -0.130. The Morgan fingerprint density at radius 1 is 0.969 bits per heavy atom. The van der Waals surface area contributed by atoms with Crippen LogP contribution in [0, 0.1) is 0 Å². The second-order valence-electron chi connectivity index (χ2n) is 7.37. The van der Waals surface area contributed by atoms with Crippen LogP contribution in [0.25, 0.3) is 0 Å². The smallest absolute Gasteiger partial charge is 0.258 e. The van der Waals surface area contributed by atoms with Crippen LogP contribution in [0.15, 0.2) is 77.7 Å². The maximum absolute atomic E-state index is 12.5. The Kier molecular flexibility index (Phi) is 7.90. The molecule has 0 saturated carbocycles. The van der Waals surface area contributed by atoms with Crippen LogP contribution >= 0.6 is 11.6 Å². The van der Waals surface area contributed by atoms with Crippen molar-refractivity contribution in [1.29, 1.82) is 0 Å². The van der Waals surface area contributed by atoms with Gasteiger partial charge in [0.25, 0.3) is 5.91 Å². The Morgan fingerprint density at radius 3 is 2.38 bits per heavy atom. The van der Waals surface area contributed by atoms with Crippen LogP contribution < -0.4 is 10.1 Å². The van der Waals surface area contributed by atoms with Gasteiger partial charge in [0.05, 0.1) is 4.90 Å². The zero-order chi connectivity index (χ0) is 23.1. The Morgan fingerprint density at radius 2 is 1.66 bits per heavy atom. The van der Waals surface area contributed by atoms with Crippen molar-refractivity contribution in [2.45, 2.75) is 17.9 Å². The number of ether oxygens (including phenoxy) is 1. The molecule has 1 amide bonds. The van der Waals surface area contributed by atoms with Crippen molar-refractivity contribution in [2.24, 2.45) is 0 Å². The van der Waals surface area contributed by atoms with Gasteiger partial charge in [0.2, 0.25) is 10.0 Å². The first-order chi connectivity index (χ1) is 15.3. The number of sulfonamides is 1. The van der Waals surface area contributed by atoms with E-state index in [1.165, 1.54) is 20.2 Å². The third-order valence-corrected chi connectivity index (χ3v) is 6.98. The lowest BCUT2D eigenvalue weighted by atomic mass is 10.0. The van der Waals surface area contributed by atoms with Gasteiger partial charge in [-0.2, -0.15) is 0 Å². The SMILES string of the molecule is CN(C)S(=O)(=O)c1ccccc1CNC(=O)COc1ccc(Cl)cc1Cc1ccccc1. The molecule has 3 rings (SSSR count). The summed E-state index contributed by atoms with van der Waals surface area (Å²) < 4.78 is 31.9. The van der Waals surface area contributed by atoms with Crippen LogP contribution in [0.2, 0.25) is 5.02 Å².